The number of halogens is 1. The zero-order valence-electron chi connectivity index (χ0n) is 14.0. The molecule has 0 saturated carbocycles. The summed E-state index contributed by atoms with van der Waals surface area (Å²) >= 11 is 3.45. The highest BCUT2D eigenvalue weighted by atomic mass is 79.9. The lowest BCUT2D eigenvalue weighted by molar-refractivity contribution is -0.124. The number of carbonyl (C=O) groups is 2. The first-order valence-corrected chi connectivity index (χ1v) is 9.29. The van der Waals surface area contributed by atoms with Crippen LogP contribution in [-0.2, 0) is 16.0 Å². The van der Waals surface area contributed by atoms with Gasteiger partial charge in [0.1, 0.15) is 0 Å². The fourth-order valence-corrected chi connectivity index (χ4v) is 4.29. The van der Waals surface area contributed by atoms with E-state index in [9.17, 15) is 9.59 Å². The zero-order valence-corrected chi connectivity index (χ0v) is 15.6. The van der Waals surface area contributed by atoms with Gasteiger partial charge in [0.15, 0.2) is 0 Å². The maximum atomic E-state index is 13.0. The monoisotopic (exact) mass is 398 g/mol. The third-order valence-corrected chi connectivity index (χ3v) is 5.57. The standard InChI is InChI=1S/C20H19BrN2O2/c1-13-10-16(21)6-7-17(13)23-12-15(11-19(23)24)20(25)22-9-8-14-4-2-3-5-18(14)22/h2-7,10,15H,8-9,11-12H2,1H3. The number of amides is 2. The van der Waals surface area contributed by atoms with E-state index in [0.29, 0.717) is 13.1 Å². The van der Waals surface area contributed by atoms with Crippen LogP contribution in [0.5, 0.6) is 0 Å². The van der Waals surface area contributed by atoms with Crippen LogP contribution in [0.1, 0.15) is 17.5 Å². The van der Waals surface area contributed by atoms with Crippen molar-refractivity contribution < 1.29 is 9.59 Å². The number of aryl methyl sites for hydroxylation is 1. The number of nitrogens with zero attached hydrogens (tertiary/aromatic N) is 2. The number of rotatable bonds is 2. The molecule has 5 heteroatoms. The molecule has 1 fully saturated rings. The van der Waals surface area contributed by atoms with Gasteiger partial charge in [0.25, 0.3) is 0 Å². The number of benzene rings is 2. The second-order valence-electron chi connectivity index (χ2n) is 6.70. The van der Waals surface area contributed by atoms with Gasteiger partial charge in [-0.1, -0.05) is 34.1 Å². The topological polar surface area (TPSA) is 40.6 Å². The first-order chi connectivity index (χ1) is 12.0. The Balaban J connectivity index is 1.55. The number of para-hydroxylation sites is 1. The molecule has 128 valence electrons. The molecule has 0 N–H and O–H groups in total. The summed E-state index contributed by atoms with van der Waals surface area (Å²) in [5.74, 6) is -0.187. The summed E-state index contributed by atoms with van der Waals surface area (Å²) < 4.78 is 0.988. The van der Waals surface area contributed by atoms with Crippen LogP contribution in [-0.4, -0.2) is 24.9 Å². The Labute approximate surface area is 155 Å². The van der Waals surface area contributed by atoms with Crippen molar-refractivity contribution in [3.8, 4) is 0 Å². The molecule has 4 rings (SSSR count). The van der Waals surface area contributed by atoms with E-state index in [0.717, 1.165) is 27.8 Å². The summed E-state index contributed by atoms with van der Waals surface area (Å²) in [7, 11) is 0. The van der Waals surface area contributed by atoms with Crippen molar-refractivity contribution in [3.05, 3.63) is 58.1 Å². The van der Waals surface area contributed by atoms with E-state index in [1.54, 1.807) is 4.90 Å². The first-order valence-electron chi connectivity index (χ1n) is 8.50. The molecule has 2 aliphatic heterocycles. The third-order valence-electron chi connectivity index (χ3n) is 5.08. The van der Waals surface area contributed by atoms with E-state index in [4.69, 9.17) is 0 Å². The number of anilines is 2. The van der Waals surface area contributed by atoms with Crippen molar-refractivity contribution in [1.29, 1.82) is 0 Å². The number of hydrogen-bond acceptors (Lipinski definition) is 2. The summed E-state index contributed by atoms with van der Waals surface area (Å²) in [6.45, 7) is 3.15. The molecule has 1 saturated heterocycles. The lowest BCUT2D eigenvalue weighted by Gasteiger charge is -2.22. The van der Waals surface area contributed by atoms with Crippen LogP contribution in [0.2, 0.25) is 0 Å². The molecule has 2 amide bonds. The Hall–Kier alpha value is -2.14. The van der Waals surface area contributed by atoms with Crippen LogP contribution in [0.25, 0.3) is 0 Å². The molecule has 0 aliphatic carbocycles. The third kappa shape index (κ3) is 2.86. The van der Waals surface area contributed by atoms with Crippen LogP contribution < -0.4 is 9.80 Å². The van der Waals surface area contributed by atoms with Crippen molar-refractivity contribution in [2.24, 2.45) is 5.92 Å². The maximum Gasteiger partial charge on any atom is 0.232 e. The summed E-state index contributed by atoms with van der Waals surface area (Å²) in [4.78, 5) is 29.2. The summed E-state index contributed by atoms with van der Waals surface area (Å²) in [6.07, 6.45) is 1.17. The zero-order chi connectivity index (χ0) is 17.6. The molecular weight excluding hydrogens is 380 g/mol. The Morgan fingerprint density at radius 2 is 1.96 bits per heavy atom. The van der Waals surface area contributed by atoms with E-state index in [1.807, 2.05) is 48.2 Å². The van der Waals surface area contributed by atoms with Gasteiger partial charge >= 0.3 is 0 Å². The van der Waals surface area contributed by atoms with Crippen molar-refractivity contribution in [2.75, 3.05) is 22.9 Å². The normalized spacial score (nSPS) is 19.4. The van der Waals surface area contributed by atoms with Crippen LogP contribution in [0.3, 0.4) is 0 Å². The van der Waals surface area contributed by atoms with Crippen LogP contribution in [0.15, 0.2) is 46.9 Å². The van der Waals surface area contributed by atoms with Gasteiger partial charge in [-0.15, -0.1) is 0 Å². The fraction of sp³-hybridized carbons (Fsp3) is 0.300. The summed E-state index contributed by atoms with van der Waals surface area (Å²) in [5.41, 5.74) is 4.13. The number of hydrogen-bond donors (Lipinski definition) is 0. The molecule has 0 aromatic heterocycles. The highest BCUT2D eigenvalue weighted by Gasteiger charge is 2.39. The van der Waals surface area contributed by atoms with Gasteiger partial charge in [-0.3, -0.25) is 9.59 Å². The molecule has 0 bridgehead atoms. The molecule has 1 atom stereocenters. The predicted octanol–water partition coefficient (Wildman–Crippen LogP) is 3.70. The lowest BCUT2D eigenvalue weighted by atomic mass is 10.1. The number of fused-ring (bicyclic) bond motifs is 1. The van der Waals surface area contributed by atoms with Gasteiger partial charge < -0.3 is 9.80 Å². The molecule has 25 heavy (non-hydrogen) atoms. The van der Waals surface area contributed by atoms with Gasteiger partial charge in [-0.2, -0.15) is 0 Å². The molecular formula is C20H19BrN2O2. The van der Waals surface area contributed by atoms with Gasteiger partial charge in [-0.05, 0) is 48.7 Å². The average molecular weight is 399 g/mol. The number of carbonyl (C=O) groups excluding carboxylic acids is 2. The van der Waals surface area contributed by atoms with Crippen molar-refractivity contribution >= 4 is 39.1 Å². The van der Waals surface area contributed by atoms with E-state index in [-0.39, 0.29) is 24.2 Å². The van der Waals surface area contributed by atoms with Crippen molar-refractivity contribution in [1.82, 2.24) is 0 Å². The lowest BCUT2D eigenvalue weighted by Crippen LogP contribution is -2.36. The van der Waals surface area contributed by atoms with Gasteiger partial charge in [0, 0.05) is 35.4 Å². The van der Waals surface area contributed by atoms with Crippen LogP contribution >= 0.6 is 15.9 Å². The largest absolute Gasteiger partial charge is 0.312 e. The Kier molecular flexibility index (Phi) is 4.12. The molecule has 2 heterocycles. The van der Waals surface area contributed by atoms with E-state index < -0.39 is 0 Å². The van der Waals surface area contributed by atoms with Crippen molar-refractivity contribution in [2.45, 2.75) is 19.8 Å². The summed E-state index contributed by atoms with van der Waals surface area (Å²) in [5, 5.41) is 0. The van der Waals surface area contributed by atoms with Gasteiger partial charge in [-0.25, -0.2) is 0 Å². The molecule has 0 radical (unpaired) electrons. The quantitative estimate of drug-likeness (QED) is 0.773. The average Bonchev–Trinajstić information content (AvgIpc) is 3.18. The minimum atomic E-state index is -0.276. The molecule has 2 aromatic carbocycles. The van der Waals surface area contributed by atoms with Gasteiger partial charge in [0.05, 0.1) is 5.92 Å². The smallest absolute Gasteiger partial charge is 0.232 e. The van der Waals surface area contributed by atoms with Crippen LogP contribution in [0, 0.1) is 12.8 Å². The summed E-state index contributed by atoms with van der Waals surface area (Å²) in [6, 6.07) is 13.9. The maximum absolute atomic E-state index is 13.0. The fourth-order valence-electron chi connectivity index (χ4n) is 3.82. The minimum Gasteiger partial charge on any atom is -0.312 e. The first kappa shape index (κ1) is 16.3. The van der Waals surface area contributed by atoms with E-state index in [1.165, 1.54) is 5.56 Å². The van der Waals surface area contributed by atoms with Gasteiger partial charge in [0.2, 0.25) is 11.8 Å². The molecule has 0 spiro atoms. The Bertz CT molecular complexity index is 865. The molecule has 1 unspecified atom stereocenters. The van der Waals surface area contributed by atoms with Crippen LogP contribution in [0.4, 0.5) is 11.4 Å². The van der Waals surface area contributed by atoms with E-state index in [2.05, 4.69) is 22.0 Å². The Morgan fingerprint density at radius 3 is 2.76 bits per heavy atom. The predicted molar refractivity (Wildman–Crippen MR) is 102 cm³/mol. The van der Waals surface area contributed by atoms with E-state index >= 15 is 0 Å². The highest BCUT2D eigenvalue weighted by Crippen LogP contribution is 2.33. The minimum absolute atomic E-state index is 0.0243. The van der Waals surface area contributed by atoms with Crippen molar-refractivity contribution in [3.63, 3.8) is 0 Å². The molecule has 2 aromatic rings. The highest BCUT2D eigenvalue weighted by molar-refractivity contribution is 9.10. The second-order valence-corrected chi connectivity index (χ2v) is 7.62. The molecule has 2 aliphatic rings. The SMILES string of the molecule is Cc1cc(Br)ccc1N1CC(C(=O)N2CCc3ccccc32)CC1=O. The Morgan fingerprint density at radius 1 is 1.16 bits per heavy atom. The molecule has 4 nitrogen and oxygen atoms in total. The second kappa shape index (κ2) is 6.30.